The summed E-state index contributed by atoms with van der Waals surface area (Å²) in [4.78, 5) is 17.5. The molecule has 0 spiro atoms. The summed E-state index contributed by atoms with van der Waals surface area (Å²) in [5, 5.41) is 5.14. The number of hydrogen-bond acceptors (Lipinski definition) is 4. The Bertz CT molecular complexity index is 802. The summed E-state index contributed by atoms with van der Waals surface area (Å²) >= 11 is 10.9. The fraction of sp³-hybridized carbons (Fsp3) is 0.0667. The Morgan fingerprint density at radius 2 is 2.27 bits per heavy atom. The van der Waals surface area contributed by atoms with Gasteiger partial charge in [0.1, 0.15) is 6.26 Å². The van der Waals surface area contributed by atoms with Crippen molar-refractivity contribution in [2.45, 2.75) is 6.54 Å². The summed E-state index contributed by atoms with van der Waals surface area (Å²) in [6.07, 6.45) is 1.54. The van der Waals surface area contributed by atoms with E-state index in [1.165, 1.54) is 6.26 Å². The van der Waals surface area contributed by atoms with Gasteiger partial charge in [-0.05, 0) is 29.6 Å². The molecule has 22 heavy (non-hydrogen) atoms. The first-order valence-electron chi connectivity index (χ1n) is 6.35. The largest absolute Gasteiger partial charge is 0.443 e. The van der Waals surface area contributed by atoms with Gasteiger partial charge in [-0.3, -0.25) is 4.79 Å². The van der Waals surface area contributed by atoms with Gasteiger partial charge < -0.3 is 9.73 Å². The Hall–Kier alpha value is -1.63. The highest BCUT2D eigenvalue weighted by Gasteiger charge is 2.12. The second-order valence-electron chi connectivity index (χ2n) is 4.43. The normalized spacial score (nSPS) is 10.6. The SMILES string of the molecule is O=C(NCc1coc(-c2cccs2)n1)c1cc(Br)ccc1Cl. The molecule has 0 aliphatic rings. The minimum atomic E-state index is -0.257. The minimum Gasteiger partial charge on any atom is -0.443 e. The fourth-order valence-corrected chi connectivity index (χ4v) is 3.06. The molecule has 112 valence electrons. The molecule has 3 rings (SSSR count). The number of benzene rings is 1. The monoisotopic (exact) mass is 396 g/mol. The molecule has 2 heterocycles. The molecule has 7 heteroatoms. The van der Waals surface area contributed by atoms with Crippen LogP contribution in [0.4, 0.5) is 0 Å². The number of nitrogens with one attached hydrogen (secondary N) is 1. The maximum absolute atomic E-state index is 12.2. The van der Waals surface area contributed by atoms with E-state index >= 15 is 0 Å². The molecule has 0 aliphatic carbocycles. The molecule has 1 amide bonds. The van der Waals surface area contributed by atoms with Crippen molar-refractivity contribution in [2.24, 2.45) is 0 Å². The molecule has 0 bridgehead atoms. The van der Waals surface area contributed by atoms with Gasteiger partial charge in [0.05, 0.1) is 27.7 Å². The highest BCUT2D eigenvalue weighted by atomic mass is 79.9. The molecule has 0 radical (unpaired) electrons. The van der Waals surface area contributed by atoms with E-state index in [0.29, 0.717) is 22.2 Å². The minimum absolute atomic E-state index is 0.257. The van der Waals surface area contributed by atoms with Crippen molar-refractivity contribution in [3.8, 4) is 10.8 Å². The van der Waals surface area contributed by atoms with E-state index in [-0.39, 0.29) is 12.5 Å². The zero-order valence-corrected chi connectivity index (χ0v) is 14.3. The number of carbonyl (C=O) groups is 1. The van der Waals surface area contributed by atoms with Gasteiger partial charge in [0, 0.05) is 4.47 Å². The molecular formula is C15H10BrClN2O2S. The summed E-state index contributed by atoms with van der Waals surface area (Å²) in [5.74, 6) is 0.298. The van der Waals surface area contributed by atoms with E-state index < -0.39 is 0 Å². The summed E-state index contributed by atoms with van der Waals surface area (Å²) in [6.45, 7) is 0.274. The number of oxazole rings is 1. The Balaban J connectivity index is 1.67. The Labute approximate surface area is 144 Å². The molecule has 0 aliphatic heterocycles. The average molecular weight is 398 g/mol. The molecule has 3 aromatic rings. The van der Waals surface area contributed by atoms with Gasteiger partial charge >= 0.3 is 0 Å². The molecule has 1 N–H and O–H groups in total. The van der Waals surface area contributed by atoms with Gasteiger partial charge in [0.2, 0.25) is 5.89 Å². The van der Waals surface area contributed by atoms with Crippen molar-refractivity contribution in [3.63, 3.8) is 0 Å². The van der Waals surface area contributed by atoms with Crippen LogP contribution >= 0.6 is 38.9 Å². The number of aromatic nitrogens is 1. The van der Waals surface area contributed by atoms with Crippen LogP contribution in [0.3, 0.4) is 0 Å². The number of amides is 1. The molecule has 0 fully saturated rings. The zero-order valence-electron chi connectivity index (χ0n) is 11.2. The Kier molecular flexibility index (Phi) is 4.61. The maximum atomic E-state index is 12.2. The van der Waals surface area contributed by atoms with Gasteiger partial charge in [0.15, 0.2) is 0 Å². The first kappa shape index (κ1) is 15.3. The van der Waals surface area contributed by atoms with E-state index in [2.05, 4.69) is 26.2 Å². The molecule has 0 atom stereocenters. The van der Waals surface area contributed by atoms with Crippen molar-refractivity contribution in [3.05, 3.63) is 62.7 Å². The molecule has 0 unspecified atom stereocenters. The highest BCUT2D eigenvalue weighted by molar-refractivity contribution is 9.10. The lowest BCUT2D eigenvalue weighted by atomic mass is 10.2. The van der Waals surface area contributed by atoms with Crippen LogP contribution in [0.2, 0.25) is 5.02 Å². The average Bonchev–Trinajstić information content (AvgIpc) is 3.17. The third kappa shape index (κ3) is 3.40. The van der Waals surface area contributed by atoms with Gasteiger partial charge in [-0.1, -0.05) is 33.6 Å². The second-order valence-corrected chi connectivity index (χ2v) is 6.70. The van der Waals surface area contributed by atoms with E-state index in [9.17, 15) is 4.79 Å². The summed E-state index contributed by atoms with van der Waals surface area (Å²) in [5.41, 5.74) is 1.07. The number of thiophene rings is 1. The van der Waals surface area contributed by atoms with Crippen molar-refractivity contribution >= 4 is 44.8 Å². The second kappa shape index (κ2) is 6.64. The van der Waals surface area contributed by atoms with Crippen LogP contribution in [0.5, 0.6) is 0 Å². The third-order valence-corrected chi connectivity index (χ3v) is 4.57. The van der Waals surface area contributed by atoms with Crippen molar-refractivity contribution in [1.82, 2.24) is 10.3 Å². The molecule has 2 aromatic heterocycles. The van der Waals surface area contributed by atoms with E-state index in [4.69, 9.17) is 16.0 Å². The first-order valence-corrected chi connectivity index (χ1v) is 8.40. The fourth-order valence-electron chi connectivity index (χ4n) is 1.84. The lowest BCUT2D eigenvalue weighted by Gasteiger charge is -2.05. The number of nitrogens with zero attached hydrogens (tertiary/aromatic N) is 1. The van der Waals surface area contributed by atoms with Crippen LogP contribution in [0, 0.1) is 0 Å². The van der Waals surface area contributed by atoms with Gasteiger partial charge in [-0.25, -0.2) is 4.98 Å². The zero-order chi connectivity index (χ0) is 15.5. The van der Waals surface area contributed by atoms with Crippen molar-refractivity contribution < 1.29 is 9.21 Å². The van der Waals surface area contributed by atoms with Crippen LogP contribution in [-0.4, -0.2) is 10.9 Å². The summed E-state index contributed by atoms with van der Waals surface area (Å²) in [6, 6.07) is 8.99. The van der Waals surface area contributed by atoms with Crippen LogP contribution < -0.4 is 5.32 Å². The predicted octanol–water partition coefficient (Wildman–Crippen LogP) is 4.75. The lowest BCUT2D eigenvalue weighted by molar-refractivity contribution is 0.0950. The van der Waals surface area contributed by atoms with Gasteiger partial charge in [-0.15, -0.1) is 11.3 Å². The van der Waals surface area contributed by atoms with E-state index in [0.717, 1.165) is 9.35 Å². The van der Waals surface area contributed by atoms with Gasteiger partial charge in [0.25, 0.3) is 5.91 Å². The van der Waals surface area contributed by atoms with E-state index in [1.54, 1.807) is 29.5 Å². The first-order chi connectivity index (χ1) is 10.6. The maximum Gasteiger partial charge on any atom is 0.253 e. The molecule has 4 nitrogen and oxygen atoms in total. The van der Waals surface area contributed by atoms with Crippen LogP contribution in [0.15, 0.2) is 50.9 Å². The molecule has 0 saturated heterocycles. The number of rotatable bonds is 4. The quantitative estimate of drug-likeness (QED) is 0.691. The van der Waals surface area contributed by atoms with Crippen LogP contribution in [0.25, 0.3) is 10.8 Å². The number of hydrogen-bond donors (Lipinski definition) is 1. The standard InChI is InChI=1S/C15H10BrClN2O2S/c16-9-3-4-12(17)11(6-9)14(20)18-7-10-8-21-15(19-10)13-2-1-5-22-13/h1-6,8H,7H2,(H,18,20). The Morgan fingerprint density at radius 1 is 1.41 bits per heavy atom. The molecular weight excluding hydrogens is 388 g/mol. The molecule has 0 saturated carbocycles. The topological polar surface area (TPSA) is 55.1 Å². The number of carbonyl (C=O) groups excluding carboxylic acids is 1. The third-order valence-electron chi connectivity index (χ3n) is 2.89. The number of halogens is 2. The molecule has 1 aromatic carbocycles. The Morgan fingerprint density at radius 3 is 3.05 bits per heavy atom. The summed E-state index contributed by atoms with van der Waals surface area (Å²) in [7, 11) is 0. The lowest BCUT2D eigenvalue weighted by Crippen LogP contribution is -2.23. The van der Waals surface area contributed by atoms with Crippen molar-refractivity contribution in [2.75, 3.05) is 0 Å². The van der Waals surface area contributed by atoms with Crippen molar-refractivity contribution in [1.29, 1.82) is 0 Å². The smallest absolute Gasteiger partial charge is 0.253 e. The van der Waals surface area contributed by atoms with Crippen LogP contribution in [0.1, 0.15) is 16.1 Å². The van der Waals surface area contributed by atoms with Crippen LogP contribution in [-0.2, 0) is 6.54 Å². The summed E-state index contributed by atoms with van der Waals surface area (Å²) < 4.78 is 6.20. The predicted molar refractivity (Wildman–Crippen MR) is 90.1 cm³/mol. The highest BCUT2D eigenvalue weighted by Crippen LogP contribution is 2.24. The van der Waals surface area contributed by atoms with E-state index in [1.807, 2.05) is 17.5 Å². The van der Waals surface area contributed by atoms with Gasteiger partial charge in [-0.2, -0.15) is 0 Å².